The van der Waals surface area contributed by atoms with Crippen molar-refractivity contribution >= 4 is 10.8 Å². The fourth-order valence-corrected chi connectivity index (χ4v) is 4.67. The number of unbranched alkanes of at least 4 members (excludes halogenated alkanes) is 7. The average molecular weight is 382 g/mol. The lowest BCUT2D eigenvalue weighted by molar-refractivity contribution is 0.176. The van der Waals surface area contributed by atoms with E-state index in [1.807, 2.05) is 0 Å². The van der Waals surface area contributed by atoms with Crippen molar-refractivity contribution in [1.82, 2.24) is 5.32 Å². The van der Waals surface area contributed by atoms with Crippen LogP contribution in [0.2, 0.25) is 0 Å². The lowest BCUT2D eigenvalue weighted by atomic mass is 9.84. The number of aliphatic hydroxyl groups is 1. The second-order valence-corrected chi connectivity index (χ2v) is 8.55. The minimum Gasteiger partial charge on any atom is -0.387 e. The van der Waals surface area contributed by atoms with Gasteiger partial charge < -0.3 is 10.4 Å². The largest absolute Gasteiger partial charge is 0.387 e. The molecular weight excluding hydrogens is 342 g/mol. The molecule has 0 bridgehead atoms. The summed E-state index contributed by atoms with van der Waals surface area (Å²) >= 11 is 0. The summed E-state index contributed by atoms with van der Waals surface area (Å²) in [6.07, 6.45) is 15.2. The van der Waals surface area contributed by atoms with Crippen LogP contribution < -0.4 is 5.32 Å². The second kappa shape index (κ2) is 11.6. The molecule has 2 aromatic rings. The Kier molecular flexibility index (Phi) is 8.82. The summed E-state index contributed by atoms with van der Waals surface area (Å²) in [6, 6.07) is 10.9. The number of aliphatic hydroxyl groups excluding tert-OH is 1. The Balaban J connectivity index is 1.47. The molecule has 1 unspecified atom stereocenters. The van der Waals surface area contributed by atoms with Gasteiger partial charge in [-0.1, -0.05) is 82.2 Å². The van der Waals surface area contributed by atoms with Gasteiger partial charge in [0.05, 0.1) is 6.10 Å². The smallest absolute Gasteiger partial charge is 0.0920 e. The summed E-state index contributed by atoms with van der Waals surface area (Å²) in [5.41, 5.74) is 4.09. The predicted octanol–water partition coefficient (Wildman–Crippen LogP) is 6.48. The Morgan fingerprint density at radius 3 is 2.36 bits per heavy atom. The number of hydrogen-bond donors (Lipinski definition) is 2. The van der Waals surface area contributed by atoms with Gasteiger partial charge in [-0.05, 0) is 66.1 Å². The fourth-order valence-electron chi connectivity index (χ4n) is 4.67. The zero-order valence-electron chi connectivity index (χ0n) is 17.8. The highest BCUT2D eigenvalue weighted by Crippen LogP contribution is 2.34. The number of hydrogen-bond acceptors (Lipinski definition) is 2. The van der Waals surface area contributed by atoms with Crippen LogP contribution in [0.4, 0.5) is 0 Å². The molecule has 1 aliphatic rings. The van der Waals surface area contributed by atoms with E-state index >= 15 is 0 Å². The van der Waals surface area contributed by atoms with Gasteiger partial charge in [0.1, 0.15) is 0 Å². The topological polar surface area (TPSA) is 32.3 Å². The van der Waals surface area contributed by atoms with Gasteiger partial charge in [-0.3, -0.25) is 0 Å². The molecule has 2 heteroatoms. The first-order valence-corrected chi connectivity index (χ1v) is 11.7. The molecule has 0 radical (unpaired) electrons. The van der Waals surface area contributed by atoms with Crippen molar-refractivity contribution in [3.8, 4) is 0 Å². The van der Waals surface area contributed by atoms with Crippen LogP contribution in [0, 0.1) is 0 Å². The maximum atomic E-state index is 10.9. The van der Waals surface area contributed by atoms with Gasteiger partial charge >= 0.3 is 0 Å². The molecule has 2 aromatic carbocycles. The SMILES string of the molecule is CCCCCCCCCCNCC(O)c1cc2c(c3ccccc13)CCCC2. The Labute approximate surface area is 171 Å². The van der Waals surface area contributed by atoms with E-state index in [4.69, 9.17) is 0 Å². The van der Waals surface area contributed by atoms with Crippen molar-refractivity contribution in [3.63, 3.8) is 0 Å². The summed E-state index contributed by atoms with van der Waals surface area (Å²) in [6.45, 7) is 3.93. The van der Waals surface area contributed by atoms with Crippen molar-refractivity contribution in [1.29, 1.82) is 0 Å². The van der Waals surface area contributed by atoms with E-state index in [0.29, 0.717) is 6.54 Å². The monoisotopic (exact) mass is 381 g/mol. The molecule has 0 aliphatic heterocycles. The van der Waals surface area contributed by atoms with Crippen LogP contribution in [-0.4, -0.2) is 18.2 Å². The van der Waals surface area contributed by atoms with Crippen LogP contribution in [0.15, 0.2) is 30.3 Å². The standard InChI is InChI=1S/C26H39NO/c1-2-3-4-5-6-7-8-13-18-27-20-26(28)25-19-21-14-9-10-15-22(21)23-16-11-12-17-24(23)25/h11-12,16-17,19,26-28H,2-10,13-15,18,20H2,1H3. The van der Waals surface area contributed by atoms with E-state index in [-0.39, 0.29) is 0 Å². The van der Waals surface area contributed by atoms with Gasteiger partial charge in [0, 0.05) is 6.54 Å². The number of benzene rings is 2. The van der Waals surface area contributed by atoms with Crippen LogP contribution in [0.3, 0.4) is 0 Å². The van der Waals surface area contributed by atoms with Crippen LogP contribution in [-0.2, 0) is 12.8 Å². The zero-order valence-corrected chi connectivity index (χ0v) is 17.8. The quantitative estimate of drug-likeness (QED) is 0.412. The summed E-state index contributed by atoms with van der Waals surface area (Å²) in [5.74, 6) is 0. The lowest BCUT2D eigenvalue weighted by Crippen LogP contribution is -2.23. The van der Waals surface area contributed by atoms with Crippen molar-refractivity contribution in [2.45, 2.75) is 90.1 Å². The third-order valence-electron chi connectivity index (χ3n) is 6.31. The van der Waals surface area contributed by atoms with Gasteiger partial charge in [0.2, 0.25) is 0 Å². The van der Waals surface area contributed by atoms with Crippen LogP contribution in [0.5, 0.6) is 0 Å². The molecule has 1 atom stereocenters. The second-order valence-electron chi connectivity index (χ2n) is 8.55. The summed E-state index contributed by atoms with van der Waals surface area (Å²) in [5, 5.41) is 17.0. The first-order valence-electron chi connectivity index (χ1n) is 11.7. The van der Waals surface area contributed by atoms with E-state index < -0.39 is 6.10 Å². The first kappa shape index (κ1) is 21.3. The van der Waals surface area contributed by atoms with Crippen molar-refractivity contribution in [2.24, 2.45) is 0 Å². The van der Waals surface area contributed by atoms with Crippen molar-refractivity contribution in [2.75, 3.05) is 13.1 Å². The molecule has 2 N–H and O–H groups in total. The van der Waals surface area contributed by atoms with E-state index in [1.165, 1.54) is 92.5 Å². The average Bonchev–Trinajstić information content (AvgIpc) is 2.74. The van der Waals surface area contributed by atoms with Crippen molar-refractivity contribution in [3.05, 3.63) is 47.0 Å². The van der Waals surface area contributed by atoms with E-state index in [2.05, 4.69) is 42.6 Å². The van der Waals surface area contributed by atoms with Crippen LogP contribution >= 0.6 is 0 Å². The summed E-state index contributed by atoms with van der Waals surface area (Å²) in [7, 11) is 0. The molecule has 0 fully saturated rings. The maximum absolute atomic E-state index is 10.9. The number of rotatable bonds is 12. The van der Waals surface area contributed by atoms with Gasteiger partial charge in [0.25, 0.3) is 0 Å². The maximum Gasteiger partial charge on any atom is 0.0920 e. The van der Waals surface area contributed by atoms with Crippen LogP contribution in [0.25, 0.3) is 10.8 Å². The van der Waals surface area contributed by atoms with Crippen LogP contribution in [0.1, 0.15) is 93.9 Å². The zero-order chi connectivity index (χ0) is 19.6. The molecule has 0 saturated heterocycles. The molecule has 0 heterocycles. The third kappa shape index (κ3) is 5.81. The number of fused-ring (bicyclic) bond motifs is 3. The molecular formula is C26H39NO. The van der Waals surface area contributed by atoms with Gasteiger partial charge in [-0.15, -0.1) is 0 Å². The van der Waals surface area contributed by atoms with E-state index in [1.54, 1.807) is 0 Å². The predicted molar refractivity (Wildman–Crippen MR) is 121 cm³/mol. The number of aryl methyl sites for hydroxylation is 2. The van der Waals surface area contributed by atoms with Gasteiger partial charge in [-0.25, -0.2) is 0 Å². The minimum atomic E-state index is -0.425. The minimum absolute atomic E-state index is 0.425. The molecule has 2 nitrogen and oxygen atoms in total. The summed E-state index contributed by atoms with van der Waals surface area (Å²) < 4.78 is 0. The first-order chi connectivity index (χ1) is 13.8. The highest BCUT2D eigenvalue weighted by Gasteiger charge is 2.18. The Morgan fingerprint density at radius 2 is 1.57 bits per heavy atom. The molecule has 1 aliphatic carbocycles. The normalized spacial score (nSPS) is 14.9. The molecule has 0 saturated carbocycles. The van der Waals surface area contributed by atoms with Crippen molar-refractivity contribution < 1.29 is 5.11 Å². The van der Waals surface area contributed by atoms with Gasteiger partial charge in [-0.2, -0.15) is 0 Å². The Morgan fingerprint density at radius 1 is 0.893 bits per heavy atom. The third-order valence-corrected chi connectivity index (χ3v) is 6.31. The van der Waals surface area contributed by atoms with E-state index in [9.17, 15) is 5.11 Å². The molecule has 0 spiro atoms. The molecule has 3 rings (SSSR count). The highest BCUT2D eigenvalue weighted by molar-refractivity contribution is 5.90. The van der Waals surface area contributed by atoms with E-state index in [0.717, 1.165) is 18.5 Å². The Hall–Kier alpha value is -1.38. The molecule has 28 heavy (non-hydrogen) atoms. The Bertz CT molecular complexity index is 724. The fraction of sp³-hybridized carbons (Fsp3) is 0.615. The van der Waals surface area contributed by atoms with Gasteiger partial charge in [0.15, 0.2) is 0 Å². The molecule has 154 valence electrons. The summed E-state index contributed by atoms with van der Waals surface area (Å²) in [4.78, 5) is 0. The lowest BCUT2D eigenvalue weighted by Gasteiger charge is -2.23. The molecule has 0 amide bonds. The molecule has 0 aromatic heterocycles. The number of nitrogens with one attached hydrogen (secondary N) is 1. The highest BCUT2D eigenvalue weighted by atomic mass is 16.3.